The minimum absolute atomic E-state index is 0.0139. The van der Waals surface area contributed by atoms with Crippen LogP contribution in [-0.4, -0.2) is 21.7 Å². The van der Waals surface area contributed by atoms with Crippen molar-refractivity contribution in [3.8, 4) is 6.07 Å². The van der Waals surface area contributed by atoms with Crippen LogP contribution in [0.2, 0.25) is 5.15 Å². The van der Waals surface area contributed by atoms with Crippen molar-refractivity contribution in [2.24, 2.45) is 0 Å². The van der Waals surface area contributed by atoms with Crippen molar-refractivity contribution in [3.05, 3.63) is 59.1 Å². The zero-order chi connectivity index (χ0) is 14.4. The summed E-state index contributed by atoms with van der Waals surface area (Å²) in [6, 6.07) is 11.8. The van der Waals surface area contributed by atoms with Crippen LogP contribution < -0.4 is 0 Å². The summed E-state index contributed by atoms with van der Waals surface area (Å²) < 4.78 is 0. The molecule has 1 heterocycles. The molecule has 0 fully saturated rings. The highest BCUT2D eigenvalue weighted by atomic mass is 35.5. The van der Waals surface area contributed by atoms with Gasteiger partial charge in [-0.25, -0.2) is 4.98 Å². The van der Waals surface area contributed by atoms with Crippen molar-refractivity contribution in [2.75, 3.05) is 6.61 Å². The summed E-state index contributed by atoms with van der Waals surface area (Å²) in [5.41, 5.74) is 1.57. The summed E-state index contributed by atoms with van der Waals surface area (Å²) in [4.78, 5) is 8.24. The first kappa shape index (κ1) is 14.4. The van der Waals surface area contributed by atoms with E-state index in [1.165, 1.54) is 6.20 Å². The standard InChI is InChI=1S/C15H14ClN3O/c16-15-10-18-14(9-19-15)12(6-7-20)13(8-17)11-4-2-1-3-5-11/h1-5,9-10,12-13,20H,6-7H2/t12-,13-/m1/s1. The fourth-order valence-electron chi connectivity index (χ4n) is 2.20. The minimum atomic E-state index is -0.376. The average molecular weight is 288 g/mol. The quantitative estimate of drug-likeness (QED) is 0.918. The summed E-state index contributed by atoms with van der Waals surface area (Å²) in [6.07, 6.45) is 3.47. The molecule has 0 radical (unpaired) electrons. The SMILES string of the molecule is N#C[C@H](c1ccccc1)[C@@H](CCO)c1cnc(Cl)cn1. The zero-order valence-corrected chi connectivity index (χ0v) is 11.5. The minimum Gasteiger partial charge on any atom is -0.396 e. The van der Waals surface area contributed by atoms with E-state index in [0.717, 1.165) is 5.56 Å². The Bertz CT molecular complexity index is 580. The Labute approximate surface area is 122 Å². The van der Waals surface area contributed by atoms with Gasteiger partial charge >= 0.3 is 0 Å². The van der Waals surface area contributed by atoms with Crippen LogP contribution in [0.3, 0.4) is 0 Å². The van der Waals surface area contributed by atoms with Crippen LogP contribution in [0.25, 0.3) is 0 Å². The van der Waals surface area contributed by atoms with Gasteiger partial charge in [0.25, 0.3) is 0 Å². The van der Waals surface area contributed by atoms with Gasteiger partial charge in [-0.1, -0.05) is 41.9 Å². The van der Waals surface area contributed by atoms with E-state index in [1.54, 1.807) is 6.20 Å². The van der Waals surface area contributed by atoms with Crippen LogP contribution in [0, 0.1) is 11.3 Å². The van der Waals surface area contributed by atoms with Crippen LogP contribution in [-0.2, 0) is 0 Å². The van der Waals surface area contributed by atoms with Crippen molar-refractivity contribution in [1.29, 1.82) is 5.26 Å². The van der Waals surface area contributed by atoms with Gasteiger partial charge in [0, 0.05) is 12.5 Å². The second-order valence-electron chi connectivity index (χ2n) is 4.40. The molecule has 1 aromatic carbocycles. The van der Waals surface area contributed by atoms with E-state index in [-0.39, 0.29) is 18.4 Å². The van der Waals surface area contributed by atoms with Gasteiger partial charge in [0.05, 0.1) is 30.1 Å². The highest BCUT2D eigenvalue weighted by Crippen LogP contribution is 2.33. The molecule has 0 saturated heterocycles. The lowest BCUT2D eigenvalue weighted by molar-refractivity contribution is 0.271. The number of hydrogen-bond donors (Lipinski definition) is 1. The van der Waals surface area contributed by atoms with Crippen molar-refractivity contribution in [1.82, 2.24) is 9.97 Å². The second-order valence-corrected chi connectivity index (χ2v) is 4.79. The Kier molecular flexibility index (Phi) is 5.05. The summed E-state index contributed by atoms with van der Waals surface area (Å²) in [7, 11) is 0. The van der Waals surface area contributed by atoms with Crippen molar-refractivity contribution >= 4 is 11.6 Å². The highest BCUT2D eigenvalue weighted by Gasteiger charge is 2.25. The fourth-order valence-corrected chi connectivity index (χ4v) is 2.29. The molecule has 0 spiro atoms. The van der Waals surface area contributed by atoms with Crippen LogP contribution in [0.5, 0.6) is 0 Å². The van der Waals surface area contributed by atoms with Gasteiger partial charge in [-0.15, -0.1) is 0 Å². The third-order valence-electron chi connectivity index (χ3n) is 3.16. The van der Waals surface area contributed by atoms with Gasteiger partial charge in [-0.05, 0) is 12.0 Å². The first-order valence-corrected chi connectivity index (χ1v) is 6.67. The first-order valence-electron chi connectivity index (χ1n) is 6.29. The van der Waals surface area contributed by atoms with Crippen LogP contribution in [0.4, 0.5) is 0 Å². The number of nitriles is 1. The number of halogens is 1. The Morgan fingerprint density at radius 2 is 1.95 bits per heavy atom. The topological polar surface area (TPSA) is 69.8 Å². The van der Waals surface area contributed by atoms with Crippen LogP contribution in [0.1, 0.15) is 29.5 Å². The number of rotatable bonds is 5. The molecule has 1 N–H and O–H groups in total. The Hall–Kier alpha value is -1.96. The molecular formula is C15H14ClN3O. The van der Waals surface area contributed by atoms with E-state index < -0.39 is 0 Å². The van der Waals surface area contributed by atoms with E-state index in [9.17, 15) is 10.4 Å². The van der Waals surface area contributed by atoms with Crippen molar-refractivity contribution < 1.29 is 5.11 Å². The van der Waals surface area contributed by atoms with Crippen molar-refractivity contribution in [2.45, 2.75) is 18.3 Å². The van der Waals surface area contributed by atoms with E-state index in [2.05, 4.69) is 16.0 Å². The normalized spacial score (nSPS) is 13.4. The molecule has 0 aliphatic rings. The average Bonchev–Trinajstić information content (AvgIpc) is 2.49. The van der Waals surface area contributed by atoms with Crippen LogP contribution in [0.15, 0.2) is 42.7 Å². The maximum atomic E-state index is 9.49. The fraction of sp³-hybridized carbons (Fsp3) is 0.267. The number of aliphatic hydroxyl groups excluding tert-OH is 1. The lowest BCUT2D eigenvalue weighted by atomic mass is 9.83. The van der Waals surface area contributed by atoms with E-state index in [0.29, 0.717) is 17.3 Å². The third kappa shape index (κ3) is 3.32. The molecule has 0 aliphatic heterocycles. The van der Waals surface area contributed by atoms with E-state index in [4.69, 9.17) is 11.6 Å². The maximum Gasteiger partial charge on any atom is 0.147 e. The molecule has 5 heteroatoms. The van der Waals surface area contributed by atoms with Gasteiger partial charge in [-0.2, -0.15) is 5.26 Å². The Morgan fingerprint density at radius 3 is 2.50 bits per heavy atom. The summed E-state index contributed by atoms with van der Waals surface area (Å²) in [6.45, 7) is -0.0139. The molecule has 102 valence electrons. The second kappa shape index (κ2) is 6.99. The molecule has 0 saturated carbocycles. The smallest absolute Gasteiger partial charge is 0.147 e. The molecule has 2 aromatic rings. The van der Waals surface area contributed by atoms with Gasteiger partial charge in [0.1, 0.15) is 5.15 Å². The van der Waals surface area contributed by atoms with E-state index >= 15 is 0 Å². The number of nitrogens with zero attached hydrogens (tertiary/aromatic N) is 3. The van der Waals surface area contributed by atoms with Gasteiger partial charge < -0.3 is 5.11 Å². The summed E-state index contributed by atoms with van der Waals surface area (Å²) in [5, 5.41) is 19.1. The number of aliphatic hydroxyl groups is 1. The molecule has 0 aliphatic carbocycles. The summed E-state index contributed by atoms with van der Waals surface area (Å²) in [5.74, 6) is -0.587. The molecule has 2 atom stereocenters. The van der Waals surface area contributed by atoms with Gasteiger partial charge in [0.15, 0.2) is 0 Å². The van der Waals surface area contributed by atoms with Crippen LogP contribution >= 0.6 is 11.6 Å². The molecule has 1 aromatic heterocycles. The zero-order valence-electron chi connectivity index (χ0n) is 10.8. The maximum absolute atomic E-state index is 9.49. The Balaban J connectivity index is 2.36. The highest BCUT2D eigenvalue weighted by molar-refractivity contribution is 6.29. The lowest BCUT2D eigenvalue weighted by Crippen LogP contribution is -2.13. The molecule has 0 amide bonds. The van der Waals surface area contributed by atoms with Gasteiger partial charge in [-0.3, -0.25) is 4.98 Å². The predicted molar refractivity (Wildman–Crippen MR) is 76.3 cm³/mol. The number of aromatic nitrogens is 2. The molecule has 0 bridgehead atoms. The summed E-state index contributed by atoms with van der Waals surface area (Å²) >= 11 is 5.74. The van der Waals surface area contributed by atoms with Gasteiger partial charge in [0.2, 0.25) is 0 Å². The Morgan fingerprint density at radius 1 is 1.20 bits per heavy atom. The van der Waals surface area contributed by atoms with Crippen molar-refractivity contribution in [3.63, 3.8) is 0 Å². The van der Waals surface area contributed by atoms with E-state index in [1.807, 2.05) is 30.3 Å². The monoisotopic (exact) mass is 287 g/mol. The third-order valence-corrected chi connectivity index (χ3v) is 3.36. The number of benzene rings is 1. The predicted octanol–water partition coefficient (Wildman–Crippen LogP) is 2.90. The lowest BCUT2D eigenvalue weighted by Gasteiger charge is -2.20. The molecule has 0 unspecified atom stereocenters. The molecular weight excluding hydrogens is 274 g/mol. The number of hydrogen-bond acceptors (Lipinski definition) is 4. The molecule has 4 nitrogen and oxygen atoms in total. The molecule has 2 rings (SSSR count). The largest absolute Gasteiger partial charge is 0.396 e. The molecule has 20 heavy (non-hydrogen) atoms. The first-order chi connectivity index (χ1) is 9.76.